The molecule has 1 saturated heterocycles. The number of aliphatic carboxylic acids is 1. The molecule has 0 bridgehead atoms. The van der Waals surface area contributed by atoms with E-state index < -0.39 is 17.6 Å². The van der Waals surface area contributed by atoms with E-state index in [-0.39, 0.29) is 31.4 Å². The Bertz CT molecular complexity index is 1330. The molecule has 2 amide bonds. The average molecular weight is 556 g/mol. The largest absolute Gasteiger partial charge is 0.479 e. The number of carboxylic acids is 1. The molecule has 8 nitrogen and oxygen atoms in total. The Morgan fingerprint density at radius 3 is 2.22 bits per heavy atom. The van der Waals surface area contributed by atoms with Crippen molar-refractivity contribution in [3.05, 3.63) is 95.6 Å². The molecule has 41 heavy (non-hydrogen) atoms. The van der Waals surface area contributed by atoms with Gasteiger partial charge in [-0.05, 0) is 47.1 Å². The van der Waals surface area contributed by atoms with Gasteiger partial charge in [-0.15, -0.1) is 0 Å². The highest BCUT2D eigenvalue weighted by atomic mass is 16.5. The topological polar surface area (TPSA) is 108 Å². The molecule has 0 spiro atoms. The normalized spacial score (nSPS) is 18.0. The fourth-order valence-corrected chi connectivity index (χ4v) is 5.95. The number of ether oxygens (including phenoxy) is 1. The van der Waals surface area contributed by atoms with Gasteiger partial charge < -0.3 is 20.5 Å². The van der Waals surface area contributed by atoms with E-state index >= 15 is 0 Å². The van der Waals surface area contributed by atoms with E-state index in [2.05, 4.69) is 39.8 Å². The SMILES string of the molecule is O=C(CCCCCNC(=O)OCC1c2ccccc2-c2ccccc21)NC1(C(=O)O)CCN(Cc2ccccc2)C1. The molecule has 3 aromatic carbocycles. The summed E-state index contributed by atoms with van der Waals surface area (Å²) in [5.74, 6) is -1.22. The predicted octanol–water partition coefficient (Wildman–Crippen LogP) is 4.93. The van der Waals surface area contributed by atoms with Gasteiger partial charge in [-0.1, -0.05) is 85.3 Å². The lowest BCUT2D eigenvalue weighted by atomic mass is 9.98. The lowest BCUT2D eigenvalue weighted by molar-refractivity contribution is -0.147. The van der Waals surface area contributed by atoms with Crippen LogP contribution in [-0.4, -0.2) is 59.8 Å². The molecule has 1 unspecified atom stereocenters. The summed E-state index contributed by atoms with van der Waals surface area (Å²) in [5, 5.41) is 15.5. The fraction of sp³-hybridized carbons (Fsp3) is 0.364. The van der Waals surface area contributed by atoms with Crippen molar-refractivity contribution in [1.82, 2.24) is 15.5 Å². The molecule has 1 fully saturated rings. The monoisotopic (exact) mass is 555 g/mol. The molecule has 8 heteroatoms. The van der Waals surface area contributed by atoms with E-state index in [9.17, 15) is 19.5 Å². The molecule has 0 radical (unpaired) electrons. The summed E-state index contributed by atoms with van der Waals surface area (Å²) in [7, 11) is 0. The van der Waals surface area contributed by atoms with E-state index in [0.717, 1.165) is 12.0 Å². The maximum absolute atomic E-state index is 12.6. The van der Waals surface area contributed by atoms with Crippen molar-refractivity contribution in [2.45, 2.75) is 50.1 Å². The van der Waals surface area contributed by atoms with Crippen molar-refractivity contribution in [3.8, 4) is 11.1 Å². The van der Waals surface area contributed by atoms with Crippen LogP contribution in [0.25, 0.3) is 11.1 Å². The number of hydrogen-bond donors (Lipinski definition) is 3. The van der Waals surface area contributed by atoms with E-state index in [1.54, 1.807) is 0 Å². The summed E-state index contributed by atoms with van der Waals surface area (Å²) < 4.78 is 5.56. The molecule has 1 aliphatic carbocycles. The number of hydrogen-bond acceptors (Lipinski definition) is 5. The van der Waals surface area contributed by atoms with Gasteiger partial charge in [0.05, 0.1) is 0 Å². The molecule has 0 saturated carbocycles. The van der Waals surface area contributed by atoms with Crippen molar-refractivity contribution >= 4 is 18.0 Å². The highest BCUT2D eigenvalue weighted by molar-refractivity contribution is 5.87. The summed E-state index contributed by atoms with van der Waals surface area (Å²) in [5.41, 5.74) is 4.58. The molecular weight excluding hydrogens is 518 g/mol. The Kier molecular flexibility index (Phi) is 8.99. The van der Waals surface area contributed by atoms with E-state index in [1.165, 1.54) is 22.3 Å². The first-order chi connectivity index (χ1) is 19.9. The van der Waals surface area contributed by atoms with Crippen LogP contribution in [0.2, 0.25) is 0 Å². The summed E-state index contributed by atoms with van der Waals surface area (Å²) in [6, 6.07) is 26.3. The number of fused-ring (bicyclic) bond motifs is 3. The van der Waals surface area contributed by atoms with Crippen molar-refractivity contribution in [3.63, 3.8) is 0 Å². The van der Waals surface area contributed by atoms with Crippen LogP contribution in [0.15, 0.2) is 78.9 Å². The summed E-state index contributed by atoms with van der Waals surface area (Å²) in [6.45, 7) is 2.28. The first-order valence-electron chi connectivity index (χ1n) is 14.3. The van der Waals surface area contributed by atoms with Crippen LogP contribution >= 0.6 is 0 Å². The maximum Gasteiger partial charge on any atom is 0.407 e. The Labute approximate surface area is 240 Å². The van der Waals surface area contributed by atoms with E-state index in [0.29, 0.717) is 38.9 Å². The minimum absolute atomic E-state index is 0.0195. The third kappa shape index (κ3) is 6.77. The second-order valence-corrected chi connectivity index (χ2v) is 10.9. The van der Waals surface area contributed by atoms with Crippen LogP contribution in [0.3, 0.4) is 0 Å². The van der Waals surface area contributed by atoms with Gasteiger partial charge in [0.25, 0.3) is 0 Å². The standard InChI is InChI=1S/C33H37N3O5/c37-30(35-33(31(38)39)18-20-36(23-33)21-24-11-3-1-4-12-24)17-5-2-10-19-34-32(40)41-22-29-27-15-8-6-13-25(27)26-14-7-9-16-28(26)29/h1,3-4,6-9,11-16,29H,2,5,10,17-23H2,(H,34,40)(H,35,37)(H,38,39). The molecule has 1 aliphatic heterocycles. The van der Waals surface area contributed by atoms with Gasteiger partial charge in [-0.2, -0.15) is 0 Å². The Morgan fingerprint density at radius 1 is 0.878 bits per heavy atom. The number of alkyl carbamates (subject to hydrolysis) is 1. The molecule has 1 atom stereocenters. The Morgan fingerprint density at radius 2 is 1.54 bits per heavy atom. The lowest BCUT2D eigenvalue weighted by Gasteiger charge is -2.26. The zero-order chi connectivity index (χ0) is 28.7. The van der Waals surface area contributed by atoms with Gasteiger partial charge in [0.2, 0.25) is 5.91 Å². The average Bonchev–Trinajstić information content (AvgIpc) is 3.53. The molecule has 214 valence electrons. The Hall–Kier alpha value is -4.17. The second-order valence-electron chi connectivity index (χ2n) is 10.9. The van der Waals surface area contributed by atoms with Crippen LogP contribution in [0, 0.1) is 0 Å². The number of rotatable bonds is 12. The minimum atomic E-state index is -1.25. The number of carboxylic acid groups (broad SMARTS) is 1. The Balaban J connectivity index is 0.988. The van der Waals surface area contributed by atoms with Gasteiger partial charge >= 0.3 is 12.1 Å². The molecule has 3 aromatic rings. The zero-order valence-electron chi connectivity index (χ0n) is 23.2. The first kappa shape index (κ1) is 28.4. The molecule has 0 aromatic heterocycles. The minimum Gasteiger partial charge on any atom is -0.479 e. The van der Waals surface area contributed by atoms with Crippen LogP contribution in [-0.2, 0) is 20.9 Å². The number of unbranched alkanes of at least 4 members (excludes halogenated alkanes) is 2. The quantitative estimate of drug-likeness (QED) is 0.274. The van der Waals surface area contributed by atoms with Crippen molar-refractivity contribution < 1.29 is 24.2 Å². The fourth-order valence-electron chi connectivity index (χ4n) is 5.95. The lowest BCUT2D eigenvalue weighted by Crippen LogP contribution is -2.56. The summed E-state index contributed by atoms with van der Waals surface area (Å²) >= 11 is 0. The number of amides is 2. The number of nitrogens with zero attached hydrogens (tertiary/aromatic N) is 1. The summed E-state index contributed by atoms with van der Waals surface area (Å²) in [4.78, 5) is 39.1. The highest BCUT2D eigenvalue weighted by Crippen LogP contribution is 2.44. The number of likely N-dealkylation sites (tertiary alicyclic amines) is 1. The van der Waals surface area contributed by atoms with Gasteiger partial charge in [-0.25, -0.2) is 9.59 Å². The molecule has 5 rings (SSSR count). The van der Waals surface area contributed by atoms with E-state index in [4.69, 9.17) is 4.74 Å². The van der Waals surface area contributed by atoms with Crippen LogP contribution in [0.5, 0.6) is 0 Å². The zero-order valence-corrected chi connectivity index (χ0v) is 23.2. The molecular formula is C33H37N3O5. The molecule has 3 N–H and O–H groups in total. The number of carbonyl (C=O) groups excluding carboxylic acids is 2. The summed E-state index contributed by atoms with van der Waals surface area (Å²) in [6.07, 6.45) is 2.23. The van der Waals surface area contributed by atoms with Gasteiger partial charge in [0.15, 0.2) is 5.54 Å². The maximum atomic E-state index is 12.6. The first-order valence-corrected chi connectivity index (χ1v) is 14.3. The smallest absolute Gasteiger partial charge is 0.407 e. The van der Waals surface area contributed by atoms with Crippen LogP contribution < -0.4 is 10.6 Å². The number of carbonyl (C=O) groups is 3. The van der Waals surface area contributed by atoms with Crippen molar-refractivity contribution in [2.75, 3.05) is 26.2 Å². The third-order valence-corrected chi connectivity index (χ3v) is 8.08. The van der Waals surface area contributed by atoms with Crippen LogP contribution in [0.4, 0.5) is 4.79 Å². The number of nitrogens with one attached hydrogen (secondary N) is 2. The van der Waals surface area contributed by atoms with Crippen molar-refractivity contribution in [2.24, 2.45) is 0 Å². The van der Waals surface area contributed by atoms with Gasteiger partial charge in [-0.3, -0.25) is 9.69 Å². The highest BCUT2D eigenvalue weighted by Gasteiger charge is 2.45. The molecule has 1 heterocycles. The molecule has 2 aliphatic rings. The van der Waals surface area contributed by atoms with Gasteiger partial charge in [0, 0.05) is 38.5 Å². The van der Waals surface area contributed by atoms with Crippen molar-refractivity contribution in [1.29, 1.82) is 0 Å². The number of benzene rings is 3. The third-order valence-electron chi connectivity index (χ3n) is 8.08. The van der Waals surface area contributed by atoms with Gasteiger partial charge in [0.1, 0.15) is 6.61 Å². The predicted molar refractivity (Wildman–Crippen MR) is 156 cm³/mol. The second kappa shape index (κ2) is 13.0. The van der Waals surface area contributed by atoms with Crippen LogP contribution in [0.1, 0.15) is 54.7 Å². The van der Waals surface area contributed by atoms with E-state index in [1.807, 2.05) is 54.6 Å².